The molecule has 2 N–H and O–H groups in total. The van der Waals surface area contributed by atoms with Gasteiger partial charge in [-0.05, 0) is 42.8 Å². The third-order valence-electron chi connectivity index (χ3n) is 3.65. The quantitative estimate of drug-likeness (QED) is 0.511. The molecule has 0 atom stereocenters. The average molecular weight is 387 g/mol. The SMILES string of the molecule is CCOc1ccc(C=NNC(=O)CCNC(=O)c2ccccc2F)cc1OC. The van der Waals surface area contributed by atoms with Crippen molar-refractivity contribution in [3.63, 3.8) is 0 Å². The molecule has 2 aromatic carbocycles. The van der Waals surface area contributed by atoms with Crippen LogP contribution in [-0.4, -0.2) is 38.3 Å². The zero-order valence-electron chi connectivity index (χ0n) is 15.7. The molecule has 28 heavy (non-hydrogen) atoms. The fraction of sp³-hybridized carbons (Fsp3) is 0.250. The summed E-state index contributed by atoms with van der Waals surface area (Å²) in [5, 5.41) is 6.36. The van der Waals surface area contributed by atoms with Gasteiger partial charge in [-0.25, -0.2) is 9.82 Å². The largest absolute Gasteiger partial charge is 0.493 e. The number of nitrogens with zero attached hydrogens (tertiary/aromatic N) is 1. The number of benzene rings is 2. The molecule has 2 rings (SSSR count). The van der Waals surface area contributed by atoms with Gasteiger partial charge in [0.15, 0.2) is 11.5 Å². The van der Waals surface area contributed by atoms with Gasteiger partial charge in [-0.2, -0.15) is 5.10 Å². The lowest BCUT2D eigenvalue weighted by Gasteiger charge is -2.09. The van der Waals surface area contributed by atoms with Gasteiger partial charge in [0.2, 0.25) is 5.91 Å². The first kappa shape index (κ1) is 20.9. The van der Waals surface area contributed by atoms with Crippen molar-refractivity contribution >= 4 is 18.0 Å². The second-order valence-corrected chi connectivity index (χ2v) is 5.62. The van der Waals surface area contributed by atoms with Crippen molar-refractivity contribution in [1.29, 1.82) is 0 Å². The van der Waals surface area contributed by atoms with Crippen LogP contribution < -0.4 is 20.2 Å². The molecule has 0 bridgehead atoms. The number of halogens is 1. The van der Waals surface area contributed by atoms with Gasteiger partial charge in [-0.3, -0.25) is 9.59 Å². The Bertz CT molecular complexity index is 855. The van der Waals surface area contributed by atoms with Crippen LogP contribution in [0.5, 0.6) is 11.5 Å². The summed E-state index contributed by atoms with van der Waals surface area (Å²) in [6, 6.07) is 10.9. The van der Waals surface area contributed by atoms with E-state index in [1.54, 1.807) is 24.3 Å². The topological polar surface area (TPSA) is 89.0 Å². The highest BCUT2D eigenvalue weighted by atomic mass is 19.1. The van der Waals surface area contributed by atoms with Crippen molar-refractivity contribution in [2.45, 2.75) is 13.3 Å². The molecule has 0 fully saturated rings. The van der Waals surface area contributed by atoms with Gasteiger partial charge in [-0.1, -0.05) is 12.1 Å². The van der Waals surface area contributed by atoms with Crippen LogP contribution in [0.1, 0.15) is 29.3 Å². The monoisotopic (exact) mass is 387 g/mol. The van der Waals surface area contributed by atoms with Gasteiger partial charge >= 0.3 is 0 Å². The highest BCUT2D eigenvalue weighted by Crippen LogP contribution is 2.27. The number of carbonyl (C=O) groups excluding carboxylic acids is 2. The molecule has 7 nitrogen and oxygen atoms in total. The highest BCUT2D eigenvalue weighted by Gasteiger charge is 2.10. The molecule has 0 saturated carbocycles. The molecule has 0 aromatic heterocycles. The number of hydrogen-bond donors (Lipinski definition) is 2. The fourth-order valence-corrected chi connectivity index (χ4v) is 2.30. The maximum Gasteiger partial charge on any atom is 0.254 e. The van der Waals surface area contributed by atoms with Gasteiger partial charge in [0.25, 0.3) is 5.91 Å². The summed E-state index contributed by atoms with van der Waals surface area (Å²) in [7, 11) is 1.54. The predicted octanol–water partition coefficient (Wildman–Crippen LogP) is 2.50. The lowest BCUT2D eigenvalue weighted by atomic mass is 10.2. The number of methoxy groups -OCH3 is 1. The number of ether oxygens (including phenoxy) is 2. The molecule has 0 spiro atoms. The second-order valence-electron chi connectivity index (χ2n) is 5.62. The van der Waals surface area contributed by atoms with Crippen LogP contribution in [0.15, 0.2) is 47.6 Å². The Kier molecular flexibility index (Phi) is 7.95. The molecule has 0 saturated heterocycles. The molecule has 2 amide bonds. The summed E-state index contributed by atoms with van der Waals surface area (Å²) in [6.07, 6.45) is 1.47. The maximum atomic E-state index is 13.5. The number of carbonyl (C=O) groups is 2. The molecule has 0 unspecified atom stereocenters. The van der Waals surface area contributed by atoms with Crippen LogP contribution in [-0.2, 0) is 4.79 Å². The van der Waals surface area contributed by atoms with Gasteiger partial charge in [0.05, 0.1) is 25.5 Å². The van der Waals surface area contributed by atoms with Crippen molar-refractivity contribution in [2.75, 3.05) is 20.3 Å². The third-order valence-corrected chi connectivity index (χ3v) is 3.65. The molecule has 0 aliphatic carbocycles. The summed E-state index contributed by atoms with van der Waals surface area (Å²) in [5.41, 5.74) is 3.02. The van der Waals surface area contributed by atoms with E-state index < -0.39 is 11.7 Å². The summed E-state index contributed by atoms with van der Waals surface area (Å²) in [4.78, 5) is 23.6. The van der Waals surface area contributed by atoms with E-state index >= 15 is 0 Å². The second kappa shape index (κ2) is 10.7. The summed E-state index contributed by atoms with van der Waals surface area (Å²) < 4.78 is 24.2. The van der Waals surface area contributed by atoms with Crippen LogP contribution in [0.2, 0.25) is 0 Å². The van der Waals surface area contributed by atoms with Crippen molar-refractivity contribution < 1.29 is 23.5 Å². The zero-order valence-corrected chi connectivity index (χ0v) is 15.7. The van der Waals surface area contributed by atoms with Gasteiger partial charge in [0, 0.05) is 13.0 Å². The minimum atomic E-state index is -0.611. The Morgan fingerprint density at radius 2 is 1.96 bits per heavy atom. The van der Waals surface area contributed by atoms with Gasteiger partial charge in [0.1, 0.15) is 5.82 Å². The van der Waals surface area contributed by atoms with Crippen molar-refractivity contribution in [3.8, 4) is 11.5 Å². The molecular formula is C20H22FN3O4. The Labute approximate surface area is 162 Å². The summed E-state index contributed by atoms with van der Waals surface area (Å²) in [5.74, 6) is -0.386. The van der Waals surface area contributed by atoms with E-state index in [1.165, 1.54) is 31.5 Å². The van der Waals surface area contributed by atoms with Crippen molar-refractivity contribution in [3.05, 3.63) is 59.4 Å². The normalized spacial score (nSPS) is 10.5. The Hall–Kier alpha value is -3.42. The van der Waals surface area contributed by atoms with E-state index in [-0.39, 0.29) is 24.4 Å². The summed E-state index contributed by atoms with van der Waals surface area (Å²) >= 11 is 0. The predicted molar refractivity (Wildman–Crippen MR) is 103 cm³/mol. The van der Waals surface area contributed by atoms with Crippen molar-refractivity contribution in [2.24, 2.45) is 5.10 Å². The average Bonchev–Trinajstić information content (AvgIpc) is 2.69. The van der Waals surface area contributed by atoms with Crippen LogP contribution in [0.25, 0.3) is 0 Å². The number of nitrogens with one attached hydrogen (secondary N) is 2. The van der Waals surface area contributed by atoms with Gasteiger partial charge < -0.3 is 14.8 Å². The molecule has 0 heterocycles. The third kappa shape index (κ3) is 6.08. The first-order chi connectivity index (χ1) is 13.5. The molecule has 8 heteroatoms. The highest BCUT2D eigenvalue weighted by molar-refractivity contribution is 5.94. The number of hydrogen-bond acceptors (Lipinski definition) is 5. The van der Waals surface area contributed by atoms with E-state index in [0.717, 1.165) is 0 Å². The maximum absolute atomic E-state index is 13.5. The lowest BCUT2D eigenvalue weighted by molar-refractivity contribution is -0.120. The summed E-state index contributed by atoms with van der Waals surface area (Å²) in [6.45, 7) is 2.46. The van der Waals surface area contributed by atoms with Crippen LogP contribution in [0.3, 0.4) is 0 Å². The molecule has 148 valence electrons. The minimum absolute atomic E-state index is 0.00410. The Morgan fingerprint density at radius 3 is 2.68 bits per heavy atom. The van der Waals surface area contributed by atoms with Gasteiger partial charge in [-0.15, -0.1) is 0 Å². The fourth-order valence-electron chi connectivity index (χ4n) is 2.30. The first-order valence-electron chi connectivity index (χ1n) is 8.70. The molecule has 0 aliphatic rings. The van der Waals surface area contributed by atoms with Crippen LogP contribution >= 0.6 is 0 Å². The van der Waals surface area contributed by atoms with Crippen molar-refractivity contribution in [1.82, 2.24) is 10.7 Å². The number of hydrazone groups is 1. The first-order valence-corrected chi connectivity index (χ1v) is 8.70. The molecule has 2 aromatic rings. The van der Waals surface area contributed by atoms with E-state index in [2.05, 4.69) is 15.8 Å². The molecular weight excluding hydrogens is 365 g/mol. The zero-order chi connectivity index (χ0) is 20.4. The van der Waals surface area contributed by atoms with E-state index in [0.29, 0.717) is 23.7 Å². The van der Waals surface area contributed by atoms with E-state index in [9.17, 15) is 14.0 Å². The lowest BCUT2D eigenvalue weighted by Crippen LogP contribution is -2.29. The van der Waals surface area contributed by atoms with E-state index in [4.69, 9.17) is 9.47 Å². The van der Waals surface area contributed by atoms with Crippen LogP contribution in [0, 0.1) is 5.82 Å². The van der Waals surface area contributed by atoms with Crippen LogP contribution in [0.4, 0.5) is 4.39 Å². The number of amides is 2. The molecule has 0 aliphatic heterocycles. The smallest absolute Gasteiger partial charge is 0.254 e. The van der Waals surface area contributed by atoms with E-state index in [1.807, 2.05) is 6.92 Å². The minimum Gasteiger partial charge on any atom is -0.493 e. The Balaban J connectivity index is 1.79. The number of rotatable bonds is 9. The standard InChI is InChI=1S/C20H22FN3O4/c1-3-28-17-9-8-14(12-18(17)27-2)13-23-24-19(25)10-11-22-20(26)15-6-4-5-7-16(15)21/h4-9,12-13H,3,10-11H2,1-2H3,(H,22,26)(H,24,25). The molecule has 0 radical (unpaired) electrons. The Morgan fingerprint density at radius 1 is 1.18 bits per heavy atom.